The molecular formula is C18H28FNO. The Morgan fingerprint density at radius 2 is 1.95 bits per heavy atom. The molecule has 2 unspecified atom stereocenters. The third-order valence-electron chi connectivity index (χ3n) is 5.23. The molecule has 118 valence electrons. The highest BCUT2D eigenvalue weighted by atomic mass is 19.1. The summed E-state index contributed by atoms with van der Waals surface area (Å²) in [7, 11) is 0. The number of halogens is 1. The van der Waals surface area contributed by atoms with Gasteiger partial charge >= 0.3 is 0 Å². The minimum Gasteiger partial charge on any atom is -0.391 e. The number of hydrogen-bond donors (Lipinski definition) is 1. The van der Waals surface area contributed by atoms with Crippen molar-refractivity contribution < 1.29 is 9.50 Å². The first-order valence-corrected chi connectivity index (χ1v) is 8.15. The lowest BCUT2D eigenvalue weighted by atomic mass is 9.83. The molecule has 1 fully saturated rings. The van der Waals surface area contributed by atoms with Crippen molar-refractivity contribution >= 4 is 0 Å². The third kappa shape index (κ3) is 3.64. The molecule has 0 aromatic heterocycles. The van der Waals surface area contributed by atoms with Crippen LogP contribution in [0.3, 0.4) is 0 Å². The van der Waals surface area contributed by atoms with E-state index in [-0.39, 0.29) is 11.4 Å². The molecule has 0 spiro atoms. The van der Waals surface area contributed by atoms with Gasteiger partial charge in [0, 0.05) is 12.0 Å². The van der Waals surface area contributed by atoms with Crippen molar-refractivity contribution in [3.05, 3.63) is 35.1 Å². The quantitative estimate of drug-likeness (QED) is 0.895. The van der Waals surface area contributed by atoms with Crippen molar-refractivity contribution in [3.8, 4) is 0 Å². The Bertz CT molecular complexity index is 470. The second kappa shape index (κ2) is 6.89. The van der Waals surface area contributed by atoms with Gasteiger partial charge in [0.05, 0.1) is 6.10 Å². The van der Waals surface area contributed by atoms with E-state index >= 15 is 0 Å². The Morgan fingerprint density at radius 3 is 2.52 bits per heavy atom. The molecule has 0 amide bonds. The topological polar surface area (TPSA) is 23.5 Å². The molecule has 21 heavy (non-hydrogen) atoms. The highest BCUT2D eigenvalue weighted by Gasteiger charge is 2.37. The fraction of sp³-hybridized carbons (Fsp3) is 0.667. The van der Waals surface area contributed by atoms with Crippen molar-refractivity contribution in [1.29, 1.82) is 0 Å². The van der Waals surface area contributed by atoms with Crippen molar-refractivity contribution in [2.45, 2.75) is 64.5 Å². The molecule has 0 bridgehead atoms. The fourth-order valence-electron chi connectivity index (χ4n) is 3.39. The Labute approximate surface area is 128 Å². The summed E-state index contributed by atoms with van der Waals surface area (Å²) in [5.74, 6) is -0.208. The summed E-state index contributed by atoms with van der Waals surface area (Å²) in [6.07, 6.45) is 4.82. The molecule has 1 saturated heterocycles. The second-order valence-corrected chi connectivity index (χ2v) is 6.55. The molecule has 1 aromatic carbocycles. The molecular weight excluding hydrogens is 265 g/mol. The lowest BCUT2D eigenvalue weighted by Gasteiger charge is -2.46. The van der Waals surface area contributed by atoms with E-state index < -0.39 is 6.10 Å². The smallest absolute Gasteiger partial charge is 0.123 e. The molecule has 1 aromatic rings. The van der Waals surface area contributed by atoms with Crippen LogP contribution in [0.5, 0.6) is 0 Å². The summed E-state index contributed by atoms with van der Waals surface area (Å²) in [6.45, 7) is 8.38. The minimum absolute atomic E-state index is 0.193. The van der Waals surface area contributed by atoms with E-state index in [2.05, 4.69) is 18.7 Å². The van der Waals surface area contributed by atoms with Crippen LogP contribution in [0.25, 0.3) is 0 Å². The number of aliphatic hydroxyl groups excluding tert-OH is 1. The average Bonchev–Trinajstić information content (AvgIpc) is 2.50. The van der Waals surface area contributed by atoms with E-state index in [9.17, 15) is 9.50 Å². The van der Waals surface area contributed by atoms with Crippen molar-refractivity contribution in [2.24, 2.45) is 0 Å². The molecule has 2 atom stereocenters. The molecule has 0 radical (unpaired) electrons. The molecule has 2 nitrogen and oxygen atoms in total. The van der Waals surface area contributed by atoms with Gasteiger partial charge in [0.1, 0.15) is 5.82 Å². The molecule has 1 N–H and O–H groups in total. The van der Waals surface area contributed by atoms with Gasteiger partial charge < -0.3 is 5.11 Å². The maximum atomic E-state index is 13.2. The standard InChI is InChI=1S/C18H28FNO/c1-4-18(3,20-10-6-5-7-11-20)17(21)13-15-8-9-16(19)12-14(15)2/h8-9,12,17,21H,4-7,10-11,13H2,1-3H3. The number of nitrogens with zero attached hydrogens (tertiary/aromatic N) is 1. The molecule has 1 heterocycles. The monoisotopic (exact) mass is 293 g/mol. The summed E-state index contributed by atoms with van der Waals surface area (Å²) in [5.41, 5.74) is 1.77. The zero-order chi connectivity index (χ0) is 15.5. The average molecular weight is 293 g/mol. The van der Waals surface area contributed by atoms with Gasteiger partial charge in [0.2, 0.25) is 0 Å². The third-order valence-corrected chi connectivity index (χ3v) is 5.23. The maximum absolute atomic E-state index is 13.2. The van der Waals surface area contributed by atoms with Crippen LogP contribution in [0.2, 0.25) is 0 Å². The zero-order valence-electron chi connectivity index (χ0n) is 13.5. The van der Waals surface area contributed by atoms with Crippen molar-refractivity contribution in [2.75, 3.05) is 13.1 Å². The van der Waals surface area contributed by atoms with Gasteiger partial charge in [-0.2, -0.15) is 0 Å². The number of aliphatic hydroxyl groups is 1. The highest BCUT2D eigenvalue weighted by Crippen LogP contribution is 2.29. The van der Waals surface area contributed by atoms with Gasteiger partial charge in [-0.25, -0.2) is 4.39 Å². The van der Waals surface area contributed by atoms with Crippen molar-refractivity contribution in [3.63, 3.8) is 0 Å². The number of aryl methyl sites for hydroxylation is 1. The van der Waals surface area contributed by atoms with E-state index in [0.717, 1.165) is 30.6 Å². The van der Waals surface area contributed by atoms with E-state index in [0.29, 0.717) is 6.42 Å². The number of hydrogen-bond acceptors (Lipinski definition) is 2. The molecule has 1 aliphatic rings. The highest BCUT2D eigenvalue weighted by molar-refractivity contribution is 5.27. The zero-order valence-corrected chi connectivity index (χ0v) is 13.5. The van der Waals surface area contributed by atoms with Crippen LogP contribution in [-0.2, 0) is 6.42 Å². The Kier molecular flexibility index (Phi) is 5.39. The summed E-state index contributed by atoms with van der Waals surface area (Å²) in [4.78, 5) is 2.44. The predicted octanol–water partition coefficient (Wildman–Crippen LogP) is 3.69. The number of piperidine rings is 1. The molecule has 3 heteroatoms. The largest absolute Gasteiger partial charge is 0.391 e. The molecule has 0 saturated carbocycles. The SMILES string of the molecule is CCC(C)(C(O)Cc1ccc(F)cc1C)N1CCCCC1. The van der Waals surface area contributed by atoms with E-state index in [1.54, 1.807) is 12.1 Å². The fourth-order valence-corrected chi connectivity index (χ4v) is 3.39. The molecule has 2 rings (SSSR count). The first kappa shape index (κ1) is 16.4. The predicted molar refractivity (Wildman–Crippen MR) is 85.0 cm³/mol. The van der Waals surface area contributed by atoms with Crippen LogP contribution in [-0.4, -0.2) is 34.7 Å². The lowest BCUT2D eigenvalue weighted by Crippen LogP contribution is -2.56. The van der Waals surface area contributed by atoms with Crippen LogP contribution < -0.4 is 0 Å². The van der Waals surface area contributed by atoms with Crippen LogP contribution in [0.4, 0.5) is 4.39 Å². The maximum Gasteiger partial charge on any atom is 0.123 e. The molecule has 1 aliphatic heterocycles. The van der Waals surface area contributed by atoms with Crippen LogP contribution in [0, 0.1) is 12.7 Å². The van der Waals surface area contributed by atoms with Gasteiger partial charge in [-0.3, -0.25) is 4.90 Å². The van der Waals surface area contributed by atoms with Crippen molar-refractivity contribution in [1.82, 2.24) is 4.90 Å². The Morgan fingerprint density at radius 1 is 1.29 bits per heavy atom. The van der Waals surface area contributed by atoms with E-state index in [1.807, 2.05) is 6.92 Å². The van der Waals surface area contributed by atoms with E-state index in [1.165, 1.54) is 25.3 Å². The summed E-state index contributed by atoms with van der Waals surface area (Å²) in [6, 6.07) is 4.84. The van der Waals surface area contributed by atoms with Gasteiger partial charge in [-0.15, -0.1) is 0 Å². The lowest BCUT2D eigenvalue weighted by molar-refractivity contribution is -0.0329. The normalized spacial score (nSPS) is 21.0. The van der Waals surface area contributed by atoms with Gasteiger partial charge in [0.25, 0.3) is 0 Å². The summed E-state index contributed by atoms with van der Waals surface area (Å²) < 4.78 is 13.2. The number of likely N-dealkylation sites (tertiary alicyclic amines) is 1. The number of benzene rings is 1. The van der Waals surface area contributed by atoms with E-state index in [4.69, 9.17) is 0 Å². The number of rotatable bonds is 5. The summed E-state index contributed by atoms with van der Waals surface area (Å²) >= 11 is 0. The summed E-state index contributed by atoms with van der Waals surface area (Å²) in [5, 5.41) is 10.8. The van der Waals surface area contributed by atoms with Gasteiger partial charge in [0.15, 0.2) is 0 Å². The van der Waals surface area contributed by atoms with Gasteiger partial charge in [-0.05, 0) is 69.5 Å². The first-order valence-electron chi connectivity index (χ1n) is 8.15. The van der Waals surface area contributed by atoms with Crippen LogP contribution in [0.1, 0.15) is 50.7 Å². The van der Waals surface area contributed by atoms with Crippen LogP contribution >= 0.6 is 0 Å². The van der Waals surface area contributed by atoms with Crippen LogP contribution in [0.15, 0.2) is 18.2 Å². The minimum atomic E-state index is -0.426. The molecule has 0 aliphatic carbocycles. The second-order valence-electron chi connectivity index (χ2n) is 6.55. The Hall–Kier alpha value is -0.930. The Balaban J connectivity index is 2.13. The van der Waals surface area contributed by atoms with Gasteiger partial charge in [-0.1, -0.05) is 19.4 Å². The first-order chi connectivity index (χ1) is 9.97.